The molecule has 0 saturated heterocycles. The largest absolute Gasteiger partial charge is 0.460 e. The Morgan fingerprint density at radius 3 is 0.913 bits per heavy atom. The highest BCUT2D eigenvalue weighted by Crippen LogP contribution is 2.19. The minimum absolute atomic E-state index is 0.896. The second-order valence-corrected chi connectivity index (χ2v) is 13.2. The third-order valence-corrected chi connectivity index (χ3v) is 12.2. The lowest BCUT2D eigenvalue weighted by Crippen LogP contribution is -2.29. The van der Waals surface area contributed by atoms with E-state index in [2.05, 4.69) is 27.7 Å². The molecule has 1 nitrogen and oxygen atoms in total. The highest BCUT2D eigenvalue weighted by Gasteiger charge is 2.19. The number of hydrogen-bond acceptors (Lipinski definition) is 1. The van der Waals surface area contributed by atoms with Gasteiger partial charge in [0.1, 0.15) is 0 Å². The first-order valence-electron chi connectivity index (χ1n) is 10.9. The van der Waals surface area contributed by atoms with Crippen molar-refractivity contribution in [1.82, 2.24) is 0 Å². The smallest absolute Gasteiger partial charge is 0.162 e. The Hall–Kier alpha value is 0.394. The summed E-state index contributed by atoms with van der Waals surface area (Å²) in [5.41, 5.74) is 0. The SMILES string of the molecule is CCCCC[SiH](CCCCC)O[SiH](CCCCC)CCCCC. The van der Waals surface area contributed by atoms with Gasteiger partial charge in [-0.25, -0.2) is 0 Å². The fourth-order valence-electron chi connectivity index (χ4n) is 3.32. The Morgan fingerprint density at radius 1 is 0.435 bits per heavy atom. The molecule has 0 amide bonds. The van der Waals surface area contributed by atoms with Gasteiger partial charge in [-0.05, 0) is 24.2 Å². The molecule has 0 spiro atoms. The van der Waals surface area contributed by atoms with Crippen molar-refractivity contribution in [3.05, 3.63) is 0 Å². The van der Waals surface area contributed by atoms with Gasteiger partial charge in [-0.1, -0.05) is 105 Å². The van der Waals surface area contributed by atoms with Gasteiger partial charge in [-0.3, -0.25) is 0 Å². The molecule has 0 rings (SSSR count). The van der Waals surface area contributed by atoms with Crippen molar-refractivity contribution in [3.8, 4) is 0 Å². The van der Waals surface area contributed by atoms with Gasteiger partial charge in [-0.15, -0.1) is 0 Å². The van der Waals surface area contributed by atoms with Gasteiger partial charge in [0, 0.05) is 0 Å². The summed E-state index contributed by atoms with van der Waals surface area (Å²) < 4.78 is 6.91. The van der Waals surface area contributed by atoms with E-state index in [0.29, 0.717) is 0 Å². The van der Waals surface area contributed by atoms with Crippen molar-refractivity contribution in [3.63, 3.8) is 0 Å². The second kappa shape index (κ2) is 18.7. The maximum absolute atomic E-state index is 6.91. The molecule has 0 fully saturated rings. The normalized spacial score (nSPS) is 11.7. The third-order valence-electron chi connectivity index (χ3n) is 4.90. The third kappa shape index (κ3) is 15.7. The van der Waals surface area contributed by atoms with Crippen molar-refractivity contribution in [2.75, 3.05) is 0 Å². The van der Waals surface area contributed by atoms with Crippen molar-refractivity contribution < 1.29 is 4.12 Å². The molecule has 23 heavy (non-hydrogen) atoms. The molecule has 0 aliphatic heterocycles. The zero-order chi connectivity index (χ0) is 17.2. The predicted octanol–water partition coefficient (Wildman–Crippen LogP) is 7.21. The zero-order valence-electron chi connectivity index (χ0n) is 16.9. The Bertz CT molecular complexity index is 182. The van der Waals surface area contributed by atoms with Gasteiger partial charge >= 0.3 is 0 Å². The van der Waals surface area contributed by atoms with Crippen LogP contribution in [0.2, 0.25) is 24.2 Å². The Balaban J connectivity index is 4.31. The van der Waals surface area contributed by atoms with Gasteiger partial charge < -0.3 is 4.12 Å². The zero-order valence-corrected chi connectivity index (χ0v) is 19.2. The highest BCUT2D eigenvalue weighted by atomic mass is 28.4. The quantitative estimate of drug-likeness (QED) is 0.186. The Kier molecular flexibility index (Phi) is 19.0. The molecule has 0 aromatic carbocycles. The molecular weight excluding hydrogens is 312 g/mol. The minimum Gasteiger partial charge on any atom is -0.460 e. The van der Waals surface area contributed by atoms with E-state index in [0.717, 1.165) is 0 Å². The molecule has 0 aliphatic rings. The van der Waals surface area contributed by atoms with Gasteiger partial charge in [-0.2, -0.15) is 0 Å². The number of unbranched alkanes of at least 4 members (excludes halogenated alkanes) is 8. The van der Waals surface area contributed by atoms with Crippen LogP contribution in [0.15, 0.2) is 0 Å². The van der Waals surface area contributed by atoms with Crippen molar-refractivity contribution in [1.29, 1.82) is 0 Å². The monoisotopic (exact) mass is 358 g/mol. The first-order valence-corrected chi connectivity index (χ1v) is 15.1. The molecule has 0 bridgehead atoms. The Labute approximate surface area is 151 Å². The summed E-state index contributed by atoms with van der Waals surface area (Å²) in [5, 5.41) is 0. The van der Waals surface area contributed by atoms with Gasteiger partial charge in [0.2, 0.25) is 0 Å². The maximum Gasteiger partial charge on any atom is 0.162 e. The molecule has 0 aromatic heterocycles. The maximum atomic E-state index is 6.91. The van der Waals surface area contributed by atoms with Crippen molar-refractivity contribution in [2.45, 2.75) is 129 Å². The van der Waals surface area contributed by atoms with Gasteiger partial charge in [0.15, 0.2) is 18.1 Å². The summed E-state index contributed by atoms with van der Waals surface area (Å²) in [5.74, 6) is 0. The lowest BCUT2D eigenvalue weighted by Gasteiger charge is -2.24. The van der Waals surface area contributed by atoms with Crippen LogP contribution in [0.5, 0.6) is 0 Å². The van der Waals surface area contributed by atoms with Crippen LogP contribution in [0.3, 0.4) is 0 Å². The lowest BCUT2D eigenvalue weighted by atomic mass is 10.3. The average Bonchev–Trinajstić information content (AvgIpc) is 2.55. The van der Waals surface area contributed by atoms with E-state index >= 15 is 0 Å². The summed E-state index contributed by atoms with van der Waals surface area (Å²) in [6.07, 6.45) is 16.8. The second-order valence-electron chi connectivity index (χ2n) is 7.36. The van der Waals surface area contributed by atoms with E-state index in [1.807, 2.05) is 0 Å². The number of rotatable bonds is 18. The summed E-state index contributed by atoms with van der Waals surface area (Å²) in [6, 6.07) is 5.84. The average molecular weight is 359 g/mol. The minimum atomic E-state index is -0.896. The fraction of sp³-hybridized carbons (Fsp3) is 1.00. The van der Waals surface area contributed by atoms with Crippen LogP contribution >= 0.6 is 0 Å². The molecule has 0 radical (unpaired) electrons. The van der Waals surface area contributed by atoms with Crippen molar-refractivity contribution >= 4 is 18.1 Å². The lowest BCUT2D eigenvalue weighted by molar-refractivity contribution is 0.542. The first kappa shape index (κ1) is 23.4. The molecule has 0 heterocycles. The summed E-state index contributed by atoms with van der Waals surface area (Å²) in [7, 11) is -1.79. The molecule has 0 saturated carbocycles. The van der Waals surface area contributed by atoms with Crippen LogP contribution in [-0.2, 0) is 4.12 Å². The molecule has 140 valence electrons. The Morgan fingerprint density at radius 2 is 0.696 bits per heavy atom. The van der Waals surface area contributed by atoms with Crippen LogP contribution in [0.1, 0.15) is 105 Å². The first-order chi connectivity index (χ1) is 11.3. The summed E-state index contributed by atoms with van der Waals surface area (Å²) in [4.78, 5) is 0. The molecule has 0 N–H and O–H groups in total. The summed E-state index contributed by atoms with van der Waals surface area (Å²) in [6.45, 7) is 9.28. The van der Waals surface area contributed by atoms with E-state index in [1.54, 1.807) is 0 Å². The number of hydrogen-bond donors (Lipinski definition) is 0. The topological polar surface area (TPSA) is 9.23 Å². The van der Waals surface area contributed by atoms with Gasteiger partial charge in [0.05, 0.1) is 0 Å². The highest BCUT2D eigenvalue weighted by molar-refractivity contribution is 6.66. The summed E-state index contributed by atoms with van der Waals surface area (Å²) >= 11 is 0. The van der Waals surface area contributed by atoms with Gasteiger partial charge in [0.25, 0.3) is 0 Å². The predicted molar refractivity (Wildman–Crippen MR) is 113 cm³/mol. The molecule has 0 unspecified atom stereocenters. The van der Waals surface area contributed by atoms with Crippen LogP contribution in [-0.4, -0.2) is 18.1 Å². The molecule has 3 heteroatoms. The van der Waals surface area contributed by atoms with E-state index in [4.69, 9.17) is 4.12 Å². The van der Waals surface area contributed by atoms with Crippen LogP contribution < -0.4 is 0 Å². The van der Waals surface area contributed by atoms with Crippen LogP contribution in [0.25, 0.3) is 0 Å². The molecule has 0 atom stereocenters. The van der Waals surface area contributed by atoms with E-state index in [9.17, 15) is 0 Å². The van der Waals surface area contributed by atoms with Crippen LogP contribution in [0.4, 0.5) is 0 Å². The standard InChI is InChI=1S/C20H46OSi2/c1-5-9-13-17-22(18-14-10-6-2)21-23(19-15-11-7-3)20-16-12-8-4/h22-23H,5-20H2,1-4H3. The fourth-order valence-corrected chi connectivity index (χ4v) is 11.2. The van der Waals surface area contributed by atoms with Crippen molar-refractivity contribution in [2.24, 2.45) is 0 Å². The molecular formula is C20H46OSi2. The van der Waals surface area contributed by atoms with Crippen LogP contribution in [0, 0.1) is 0 Å². The van der Waals surface area contributed by atoms with E-state index < -0.39 is 18.1 Å². The molecule has 0 aliphatic carbocycles. The molecule has 0 aromatic rings. The van der Waals surface area contributed by atoms with E-state index in [-0.39, 0.29) is 0 Å². The van der Waals surface area contributed by atoms with E-state index in [1.165, 1.54) is 101 Å².